The highest BCUT2D eigenvalue weighted by Crippen LogP contribution is 2.50. The number of halogens is 3. The summed E-state index contributed by atoms with van der Waals surface area (Å²) in [6.45, 7) is 21.4. The molecule has 0 radical (unpaired) electrons. The van der Waals surface area contributed by atoms with Gasteiger partial charge in [0.1, 0.15) is 0 Å². The van der Waals surface area contributed by atoms with E-state index in [0.29, 0.717) is 85.9 Å². The third-order valence-electron chi connectivity index (χ3n) is 15.4. The van der Waals surface area contributed by atoms with E-state index in [1.54, 1.807) is 23.6 Å². The molecule has 15 heteroatoms. The standard InChI is InChI=1S/2C27H40ClN3O3.ClH/c2*1-6-24(32)29-14-15-30-23-16-20(22(28)17-21(23)27(7-2,8-3)26(30)34)25(33)31(18(4)5)19-12-10-9-11-13-19;/h2*16-19H,6-15H2,1-5H3,(H,29,32);1H. The van der Waals surface area contributed by atoms with Crippen molar-refractivity contribution >= 4 is 82.4 Å². The number of benzene rings is 2. The van der Waals surface area contributed by atoms with Crippen LogP contribution in [0.25, 0.3) is 0 Å². The molecule has 2 aliphatic carbocycles. The summed E-state index contributed by atoms with van der Waals surface area (Å²) in [5.41, 5.74) is 2.88. The van der Waals surface area contributed by atoms with Crippen molar-refractivity contribution in [1.29, 1.82) is 0 Å². The lowest BCUT2D eigenvalue weighted by Gasteiger charge is -2.37. The molecule has 2 heterocycles. The maximum absolute atomic E-state index is 13.8. The number of amides is 6. The molecule has 2 aromatic carbocycles. The Bertz CT molecular complexity index is 1990. The number of hydrogen-bond donors (Lipinski definition) is 2. The molecular formula is C54H81Cl3N6O6. The molecule has 6 rings (SSSR count). The number of hydrogen-bond acceptors (Lipinski definition) is 6. The van der Waals surface area contributed by atoms with Crippen molar-refractivity contribution in [3.8, 4) is 0 Å². The molecule has 0 unspecified atom stereocenters. The van der Waals surface area contributed by atoms with Crippen LogP contribution < -0.4 is 20.4 Å². The SMILES string of the molecule is CCC(=O)NCCN1C(=O)C(CC)(CC)c2cc(Cl)c(C(=O)N(C(C)C)C3CCCCC3)cc21.CCC(=O)NCCN1C(=O)C(CC)(CC)c2cc(Cl)c(C(=O)N(C(C)C)C3CCCCC3)cc21.Cl. The van der Waals surface area contributed by atoms with Gasteiger partial charge in [0.05, 0.1) is 32.0 Å². The fraction of sp³-hybridized carbons (Fsp3) is 0.667. The minimum atomic E-state index is -0.656. The van der Waals surface area contributed by atoms with Gasteiger partial charge < -0.3 is 30.2 Å². The van der Waals surface area contributed by atoms with Gasteiger partial charge in [-0.25, -0.2) is 0 Å². The maximum atomic E-state index is 13.8. The van der Waals surface area contributed by atoms with Crippen LogP contribution in [-0.4, -0.2) is 95.6 Å². The Kier molecular flexibility index (Phi) is 21.3. The summed E-state index contributed by atoms with van der Waals surface area (Å²) in [5, 5.41) is 6.55. The van der Waals surface area contributed by atoms with Crippen LogP contribution in [0.15, 0.2) is 24.3 Å². The summed E-state index contributed by atoms with van der Waals surface area (Å²) >= 11 is 13.5. The first kappa shape index (κ1) is 57.7. The molecule has 0 aromatic heterocycles. The van der Waals surface area contributed by atoms with Gasteiger partial charge in [0, 0.05) is 74.6 Å². The van der Waals surface area contributed by atoms with Crippen molar-refractivity contribution in [3.05, 3.63) is 56.6 Å². The predicted octanol–water partition coefficient (Wildman–Crippen LogP) is 11.3. The second-order valence-corrected chi connectivity index (χ2v) is 20.6. The molecule has 6 amide bonds. The lowest BCUT2D eigenvalue weighted by Crippen LogP contribution is -2.46. The molecule has 2 saturated carbocycles. The van der Waals surface area contributed by atoms with E-state index in [9.17, 15) is 28.8 Å². The summed E-state index contributed by atoms with van der Waals surface area (Å²) in [7, 11) is 0. The summed E-state index contributed by atoms with van der Waals surface area (Å²) in [6, 6.07) is 7.91. The van der Waals surface area contributed by atoms with Crippen molar-refractivity contribution in [2.45, 2.75) is 207 Å². The molecule has 2 fully saturated rings. The third-order valence-corrected chi connectivity index (χ3v) is 16.1. The Morgan fingerprint density at radius 2 is 0.899 bits per heavy atom. The van der Waals surface area contributed by atoms with Crippen LogP contribution in [0.1, 0.15) is 204 Å². The largest absolute Gasteiger partial charge is 0.354 e. The van der Waals surface area contributed by atoms with E-state index in [1.807, 2.05) is 61.8 Å². The first-order valence-electron chi connectivity index (χ1n) is 25.9. The van der Waals surface area contributed by atoms with Crippen molar-refractivity contribution in [2.75, 3.05) is 36.0 Å². The summed E-state index contributed by atoms with van der Waals surface area (Å²) in [4.78, 5) is 85.9. The lowest BCUT2D eigenvalue weighted by atomic mass is 9.76. The number of fused-ring (bicyclic) bond motifs is 2. The van der Waals surface area contributed by atoms with E-state index >= 15 is 0 Å². The Balaban J connectivity index is 0.000000296. The number of anilines is 2. The zero-order valence-corrected chi connectivity index (χ0v) is 45.5. The van der Waals surface area contributed by atoms with Crippen LogP contribution in [0.3, 0.4) is 0 Å². The zero-order chi connectivity index (χ0) is 50.1. The Morgan fingerprint density at radius 3 is 1.17 bits per heavy atom. The zero-order valence-electron chi connectivity index (χ0n) is 43.2. The van der Waals surface area contributed by atoms with E-state index in [2.05, 4.69) is 38.3 Å². The number of nitrogens with zero attached hydrogens (tertiary/aromatic N) is 4. The summed E-state index contributed by atoms with van der Waals surface area (Å²) in [6.07, 6.45) is 14.5. The highest BCUT2D eigenvalue weighted by molar-refractivity contribution is 6.35. The van der Waals surface area contributed by atoms with Gasteiger partial charge in [-0.3, -0.25) is 28.8 Å². The van der Waals surface area contributed by atoms with E-state index in [0.717, 1.165) is 73.9 Å². The van der Waals surface area contributed by atoms with Gasteiger partial charge in [-0.15, -0.1) is 12.4 Å². The molecular weight excluding hydrogens is 935 g/mol. The maximum Gasteiger partial charge on any atom is 0.255 e. The molecule has 69 heavy (non-hydrogen) atoms. The highest BCUT2D eigenvalue weighted by Gasteiger charge is 2.50. The topological polar surface area (TPSA) is 139 Å². The van der Waals surface area contributed by atoms with Gasteiger partial charge in [0.25, 0.3) is 11.8 Å². The summed E-state index contributed by atoms with van der Waals surface area (Å²) in [5.74, 6) is -0.176. The van der Waals surface area contributed by atoms with E-state index < -0.39 is 10.8 Å². The minimum Gasteiger partial charge on any atom is -0.354 e. The monoisotopic (exact) mass is 1010 g/mol. The van der Waals surface area contributed by atoms with Gasteiger partial charge in [0.2, 0.25) is 23.6 Å². The second kappa shape index (κ2) is 25.5. The Hall–Kier alpha value is -3.87. The van der Waals surface area contributed by atoms with Gasteiger partial charge >= 0.3 is 0 Å². The van der Waals surface area contributed by atoms with E-state index in [-0.39, 0.29) is 72.0 Å². The molecule has 0 spiro atoms. The molecule has 0 bridgehead atoms. The molecule has 4 aliphatic rings. The average molecular weight is 1020 g/mol. The lowest BCUT2D eigenvalue weighted by molar-refractivity contribution is -0.124. The van der Waals surface area contributed by atoms with Crippen molar-refractivity contribution in [3.63, 3.8) is 0 Å². The first-order valence-corrected chi connectivity index (χ1v) is 26.7. The molecule has 384 valence electrons. The Morgan fingerprint density at radius 1 is 0.580 bits per heavy atom. The predicted molar refractivity (Wildman–Crippen MR) is 282 cm³/mol. The minimum absolute atomic E-state index is 0. The number of carbonyl (C=O) groups excluding carboxylic acids is 6. The fourth-order valence-corrected chi connectivity index (χ4v) is 11.9. The van der Waals surface area contributed by atoms with Gasteiger partial charge in [0.15, 0.2) is 0 Å². The van der Waals surface area contributed by atoms with E-state index in [4.69, 9.17) is 23.2 Å². The fourth-order valence-electron chi connectivity index (χ4n) is 11.4. The Labute approximate surface area is 429 Å². The third kappa shape index (κ3) is 11.9. The molecule has 2 N–H and O–H groups in total. The van der Waals surface area contributed by atoms with Gasteiger partial charge in [-0.05, 0) is 114 Å². The molecule has 2 aliphatic heterocycles. The van der Waals surface area contributed by atoms with E-state index in [1.165, 1.54) is 12.8 Å². The smallest absolute Gasteiger partial charge is 0.255 e. The number of carbonyl (C=O) groups is 6. The van der Waals surface area contributed by atoms with Gasteiger partial charge in [-0.1, -0.05) is 103 Å². The number of nitrogens with one attached hydrogen (secondary N) is 2. The highest BCUT2D eigenvalue weighted by atomic mass is 35.5. The van der Waals surface area contributed by atoms with Crippen LogP contribution in [-0.2, 0) is 30.0 Å². The normalized spacial score (nSPS) is 17.5. The van der Waals surface area contributed by atoms with Crippen LogP contribution in [0.4, 0.5) is 11.4 Å². The van der Waals surface area contributed by atoms with Crippen LogP contribution in [0.2, 0.25) is 10.0 Å². The van der Waals surface area contributed by atoms with Crippen LogP contribution >= 0.6 is 35.6 Å². The van der Waals surface area contributed by atoms with Gasteiger partial charge in [-0.2, -0.15) is 0 Å². The van der Waals surface area contributed by atoms with Crippen LogP contribution in [0.5, 0.6) is 0 Å². The van der Waals surface area contributed by atoms with Crippen molar-refractivity contribution in [1.82, 2.24) is 20.4 Å². The quantitative estimate of drug-likeness (QED) is 0.152. The first-order chi connectivity index (χ1) is 32.4. The second-order valence-electron chi connectivity index (χ2n) is 19.8. The average Bonchev–Trinajstić information content (AvgIpc) is 3.70. The molecule has 2 aromatic rings. The van der Waals surface area contributed by atoms with Crippen molar-refractivity contribution in [2.24, 2.45) is 0 Å². The summed E-state index contributed by atoms with van der Waals surface area (Å²) < 4.78 is 0. The molecule has 12 nitrogen and oxygen atoms in total. The van der Waals surface area contributed by atoms with Crippen molar-refractivity contribution < 1.29 is 28.8 Å². The molecule has 0 saturated heterocycles. The number of rotatable bonds is 18. The molecule has 0 atom stereocenters. The van der Waals surface area contributed by atoms with Crippen LogP contribution in [0, 0.1) is 0 Å².